The summed E-state index contributed by atoms with van der Waals surface area (Å²) in [5, 5.41) is 2.67. The second kappa shape index (κ2) is 8.69. The number of ether oxygens (including phenoxy) is 1. The predicted molar refractivity (Wildman–Crippen MR) is 108 cm³/mol. The van der Waals surface area contributed by atoms with Gasteiger partial charge in [0.05, 0.1) is 12.3 Å². The number of likely N-dealkylation sites (tertiary alicyclic amines) is 1. The van der Waals surface area contributed by atoms with E-state index in [1.54, 1.807) is 12.3 Å². The van der Waals surface area contributed by atoms with Crippen molar-refractivity contribution < 1.29 is 18.3 Å². The van der Waals surface area contributed by atoms with Crippen molar-refractivity contribution in [1.29, 1.82) is 0 Å². The van der Waals surface area contributed by atoms with Crippen LogP contribution in [0.15, 0.2) is 47.5 Å². The lowest BCUT2D eigenvalue weighted by atomic mass is 10.0. The van der Waals surface area contributed by atoms with Gasteiger partial charge in [-0.1, -0.05) is 6.07 Å². The molecule has 2 unspecified atom stereocenters. The maximum absolute atomic E-state index is 13.3. The van der Waals surface area contributed by atoms with Gasteiger partial charge in [0.15, 0.2) is 0 Å². The summed E-state index contributed by atoms with van der Waals surface area (Å²) in [6.45, 7) is 2.78. The zero-order valence-electron chi connectivity index (χ0n) is 16.0. The molecule has 0 saturated carbocycles. The number of halogens is 2. The van der Waals surface area contributed by atoms with Crippen LogP contribution in [-0.2, 0) is 4.79 Å². The Morgan fingerprint density at radius 2 is 2.07 bits per heavy atom. The highest BCUT2D eigenvalue weighted by atomic mass is 19.1. The SMILES string of the molecule is O=C1Nc2cc(F)ccc2C1C=Nc1ccc(OCCCN2CCC(F)C2)cc1. The number of rotatable bonds is 7. The molecule has 1 N–H and O–H groups in total. The molecule has 0 bridgehead atoms. The largest absolute Gasteiger partial charge is 0.494 e. The quantitative estimate of drug-likeness (QED) is 0.564. The van der Waals surface area contributed by atoms with Gasteiger partial charge in [-0.2, -0.15) is 0 Å². The summed E-state index contributed by atoms with van der Waals surface area (Å²) in [7, 11) is 0. The zero-order valence-corrected chi connectivity index (χ0v) is 16.0. The van der Waals surface area contributed by atoms with Crippen LogP contribution in [0.4, 0.5) is 20.2 Å². The van der Waals surface area contributed by atoms with Crippen LogP contribution in [0.5, 0.6) is 5.75 Å². The van der Waals surface area contributed by atoms with Gasteiger partial charge in [-0.15, -0.1) is 0 Å². The molecule has 1 amide bonds. The highest BCUT2D eigenvalue weighted by Crippen LogP contribution is 2.32. The number of hydrogen-bond acceptors (Lipinski definition) is 4. The zero-order chi connectivity index (χ0) is 20.2. The minimum absolute atomic E-state index is 0.216. The summed E-state index contributed by atoms with van der Waals surface area (Å²) >= 11 is 0. The van der Waals surface area contributed by atoms with Crippen molar-refractivity contribution in [1.82, 2.24) is 4.90 Å². The molecule has 152 valence electrons. The van der Waals surface area contributed by atoms with E-state index >= 15 is 0 Å². The van der Waals surface area contributed by atoms with E-state index in [9.17, 15) is 13.6 Å². The number of amides is 1. The standard InChI is InChI=1S/C22H23F2N3O2/c23-15-2-7-19-20(22(28)26-21(19)12-15)13-25-17-3-5-18(6-4-17)29-11-1-9-27-10-8-16(24)14-27/h2-7,12-13,16,20H,1,8-11,14H2,(H,26,28). The molecule has 2 aromatic carbocycles. The van der Waals surface area contributed by atoms with Crippen LogP contribution in [0.1, 0.15) is 24.3 Å². The van der Waals surface area contributed by atoms with Gasteiger partial charge in [0, 0.05) is 31.5 Å². The normalized spacial score (nSPS) is 21.5. The fraction of sp³-hybridized carbons (Fsp3) is 0.364. The molecule has 0 spiro atoms. The van der Waals surface area contributed by atoms with E-state index in [0.717, 1.165) is 30.8 Å². The van der Waals surface area contributed by atoms with Crippen LogP contribution in [0.25, 0.3) is 0 Å². The van der Waals surface area contributed by atoms with Crippen LogP contribution < -0.4 is 10.1 Å². The molecule has 1 fully saturated rings. The van der Waals surface area contributed by atoms with Crippen molar-refractivity contribution >= 4 is 23.5 Å². The number of alkyl halides is 1. The molecular formula is C22H23F2N3O2. The third kappa shape index (κ3) is 4.79. The molecule has 29 heavy (non-hydrogen) atoms. The molecule has 0 radical (unpaired) electrons. The van der Waals surface area contributed by atoms with E-state index in [4.69, 9.17) is 4.74 Å². The first kappa shape index (κ1) is 19.5. The molecular weight excluding hydrogens is 376 g/mol. The molecule has 4 rings (SSSR count). The third-order valence-electron chi connectivity index (χ3n) is 5.20. The lowest BCUT2D eigenvalue weighted by Crippen LogP contribution is -2.23. The van der Waals surface area contributed by atoms with Gasteiger partial charge < -0.3 is 15.0 Å². The van der Waals surface area contributed by atoms with Crippen LogP contribution >= 0.6 is 0 Å². The van der Waals surface area contributed by atoms with Gasteiger partial charge in [-0.3, -0.25) is 9.79 Å². The van der Waals surface area contributed by atoms with Gasteiger partial charge >= 0.3 is 0 Å². The molecule has 0 aliphatic carbocycles. The molecule has 1 saturated heterocycles. The summed E-state index contributed by atoms with van der Waals surface area (Å²) in [6, 6.07) is 11.6. The lowest BCUT2D eigenvalue weighted by Gasteiger charge is -2.14. The summed E-state index contributed by atoms with van der Waals surface area (Å²) in [5.41, 5.74) is 1.91. The number of nitrogens with one attached hydrogen (secondary N) is 1. The molecule has 2 aromatic rings. The summed E-state index contributed by atoms with van der Waals surface area (Å²) in [5.74, 6) is -0.389. The van der Waals surface area contributed by atoms with E-state index in [1.165, 1.54) is 12.1 Å². The fourth-order valence-corrected chi connectivity index (χ4v) is 3.66. The average Bonchev–Trinajstić information content (AvgIpc) is 3.26. The van der Waals surface area contributed by atoms with E-state index in [2.05, 4.69) is 15.2 Å². The number of fused-ring (bicyclic) bond motifs is 1. The number of carbonyl (C=O) groups is 1. The lowest BCUT2D eigenvalue weighted by molar-refractivity contribution is -0.115. The Labute approximate surface area is 168 Å². The second-order valence-corrected chi connectivity index (χ2v) is 7.36. The van der Waals surface area contributed by atoms with Crippen LogP contribution in [0.2, 0.25) is 0 Å². The van der Waals surface area contributed by atoms with Crippen LogP contribution in [0.3, 0.4) is 0 Å². The van der Waals surface area contributed by atoms with Gasteiger partial charge in [0.1, 0.15) is 23.7 Å². The topological polar surface area (TPSA) is 53.9 Å². The Kier molecular flexibility index (Phi) is 5.85. The number of hydrogen-bond donors (Lipinski definition) is 1. The first-order valence-corrected chi connectivity index (χ1v) is 9.82. The highest BCUT2D eigenvalue weighted by Gasteiger charge is 2.29. The highest BCUT2D eigenvalue weighted by molar-refractivity contribution is 6.12. The third-order valence-corrected chi connectivity index (χ3v) is 5.20. The van der Waals surface area contributed by atoms with Crippen LogP contribution in [-0.4, -0.2) is 49.4 Å². The monoisotopic (exact) mass is 399 g/mol. The minimum Gasteiger partial charge on any atom is -0.494 e. The number of carbonyl (C=O) groups excluding carboxylic acids is 1. The van der Waals surface area contributed by atoms with Crippen molar-refractivity contribution in [3.63, 3.8) is 0 Å². The Balaban J connectivity index is 1.28. The van der Waals surface area contributed by atoms with Gasteiger partial charge in [-0.05, 0) is 54.8 Å². The van der Waals surface area contributed by atoms with Gasteiger partial charge in [-0.25, -0.2) is 8.78 Å². The minimum atomic E-state index is -0.686. The number of anilines is 1. The van der Waals surface area contributed by atoms with Crippen molar-refractivity contribution in [3.8, 4) is 5.75 Å². The maximum Gasteiger partial charge on any atom is 0.237 e. The molecule has 0 aromatic heterocycles. The van der Waals surface area contributed by atoms with Crippen molar-refractivity contribution in [2.24, 2.45) is 4.99 Å². The van der Waals surface area contributed by atoms with E-state index in [1.807, 2.05) is 24.3 Å². The first-order chi connectivity index (χ1) is 14.1. The molecule has 5 nitrogen and oxygen atoms in total. The van der Waals surface area contributed by atoms with Gasteiger partial charge in [0.2, 0.25) is 5.91 Å². The molecule has 2 aliphatic heterocycles. The number of nitrogens with zero attached hydrogens (tertiary/aromatic N) is 2. The number of benzene rings is 2. The van der Waals surface area contributed by atoms with E-state index in [0.29, 0.717) is 30.9 Å². The average molecular weight is 399 g/mol. The van der Waals surface area contributed by atoms with Crippen LogP contribution in [0, 0.1) is 5.82 Å². The molecule has 7 heteroatoms. The molecule has 2 aliphatic rings. The summed E-state index contributed by atoms with van der Waals surface area (Å²) < 4.78 is 32.2. The van der Waals surface area contributed by atoms with Crippen molar-refractivity contribution in [2.45, 2.75) is 24.9 Å². The number of aliphatic imine (C=N–C) groups is 1. The van der Waals surface area contributed by atoms with Gasteiger partial charge in [0.25, 0.3) is 0 Å². The van der Waals surface area contributed by atoms with Crippen molar-refractivity contribution in [2.75, 3.05) is 31.6 Å². The summed E-state index contributed by atoms with van der Waals surface area (Å²) in [6.07, 6.45) is 2.37. The van der Waals surface area contributed by atoms with Crippen molar-refractivity contribution in [3.05, 3.63) is 53.8 Å². The fourth-order valence-electron chi connectivity index (χ4n) is 3.66. The van der Waals surface area contributed by atoms with E-state index < -0.39 is 12.1 Å². The molecule has 2 atom stereocenters. The maximum atomic E-state index is 13.3. The Morgan fingerprint density at radius 1 is 1.24 bits per heavy atom. The predicted octanol–water partition coefficient (Wildman–Crippen LogP) is 4.08. The smallest absolute Gasteiger partial charge is 0.237 e. The second-order valence-electron chi connectivity index (χ2n) is 7.36. The Bertz CT molecular complexity index is 901. The Morgan fingerprint density at radius 3 is 2.83 bits per heavy atom. The first-order valence-electron chi connectivity index (χ1n) is 9.82. The summed E-state index contributed by atoms with van der Waals surface area (Å²) in [4.78, 5) is 18.6. The Hall–Kier alpha value is -2.80. The molecule has 2 heterocycles. The van der Waals surface area contributed by atoms with E-state index in [-0.39, 0.29) is 11.7 Å².